The molecule has 0 unspecified atom stereocenters. The Bertz CT molecular complexity index is 928. The number of aryl methyl sites for hydroxylation is 1. The molecule has 4 rings (SSSR count). The molecule has 2 aromatic carbocycles. The summed E-state index contributed by atoms with van der Waals surface area (Å²) in [6.07, 6.45) is 0. The van der Waals surface area contributed by atoms with Gasteiger partial charge < -0.3 is 19.8 Å². The lowest BCUT2D eigenvalue weighted by molar-refractivity contribution is 0.172. The van der Waals surface area contributed by atoms with Crippen LogP contribution in [0.1, 0.15) is 25.5 Å². The summed E-state index contributed by atoms with van der Waals surface area (Å²) in [6.45, 7) is 7.46. The molecule has 0 fully saturated rings. The molecule has 0 saturated carbocycles. The Morgan fingerprint density at radius 1 is 1.08 bits per heavy atom. The zero-order valence-corrected chi connectivity index (χ0v) is 14.2. The number of nitrogens with zero attached hydrogens (tertiary/aromatic N) is 2. The van der Waals surface area contributed by atoms with Crippen molar-refractivity contribution in [3.05, 3.63) is 35.9 Å². The van der Waals surface area contributed by atoms with Crippen molar-refractivity contribution in [1.82, 2.24) is 9.55 Å². The fraction of sp³-hybridized carbons (Fsp3) is 0.316. The predicted molar refractivity (Wildman–Crippen MR) is 95.7 cm³/mol. The molecule has 2 N–H and O–H groups in total. The highest BCUT2D eigenvalue weighted by Gasteiger charge is 2.20. The largest absolute Gasteiger partial charge is 0.486 e. The number of hydrogen-bond acceptors (Lipinski definition) is 4. The van der Waals surface area contributed by atoms with Gasteiger partial charge in [-0.05, 0) is 32.4 Å². The van der Waals surface area contributed by atoms with Crippen LogP contribution in [0.3, 0.4) is 0 Å². The van der Waals surface area contributed by atoms with Crippen LogP contribution in [0.4, 0.5) is 5.69 Å². The standard InChI is InChI=1S/C19H21N3O2/c1-11(2)22-16-10-18-17(23-6-7-24-18)9-15(16)21-19(22)13-5-4-12(3)14(20)8-13/h4-5,8-11H,6-7,20H2,1-3H3. The highest BCUT2D eigenvalue weighted by Crippen LogP contribution is 2.38. The minimum Gasteiger partial charge on any atom is -0.486 e. The molecule has 0 amide bonds. The summed E-state index contributed by atoms with van der Waals surface area (Å²) in [5, 5.41) is 0. The molecule has 0 radical (unpaired) electrons. The van der Waals surface area contributed by atoms with Crippen molar-refractivity contribution in [3.63, 3.8) is 0 Å². The second kappa shape index (κ2) is 5.44. The highest BCUT2D eigenvalue weighted by molar-refractivity contribution is 5.85. The number of hydrogen-bond donors (Lipinski definition) is 1. The molecule has 0 aliphatic carbocycles. The molecule has 1 aliphatic rings. The van der Waals surface area contributed by atoms with E-state index in [1.807, 2.05) is 31.2 Å². The van der Waals surface area contributed by atoms with Crippen LogP contribution in [0.2, 0.25) is 0 Å². The van der Waals surface area contributed by atoms with E-state index in [2.05, 4.69) is 24.5 Å². The third-order valence-corrected chi connectivity index (χ3v) is 4.41. The van der Waals surface area contributed by atoms with Crippen LogP contribution >= 0.6 is 0 Å². The molecule has 1 aliphatic heterocycles. The van der Waals surface area contributed by atoms with Gasteiger partial charge in [-0.2, -0.15) is 0 Å². The number of benzene rings is 2. The van der Waals surface area contributed by atoms with Crippen LogP contribution in [0.15, 0.2) is 30.3 Å². The van der Waals surface area contributed by atoms with Crippen molar-refractivity contribution in [1.29, 1.82) is 0 Å². The first-order valence-electron chi connectivity index (χ1n) is 8.22. The van der Waals surface area contributed by atoms with Crippen LogP contribution in [0.25, 0.3) is 22.4 Å². The topological polar surface area (TPSA) is 62.3 Å². The molecule has 0 spiro atoms. The normalized spacial score (nSPS) is 13.7. The first-order chi connectivity index (χ1) is 11.5. The Balaban J connectivity index is 1.97. The van der Waals surface area contributed by atoms with Crippen LogP contribution in [0, 0.1) is 6.92 Å². The van der Waals surface area contributed by atoms with Gasteiger partial charge in [-0.15, -0.1) is 0 Å². The Labute approximate surface area is 141 Å². The average Bonchev–Trinajstić information content (AvgIpc) is 2.93. The summed E-state index contributed by atoms with van der Waals surface area (Å²) in [5.74, 6) is 2.46. The van der Waals surface area contributed by atoms with E-state index in [1.54, 1.807) is 0 Å². The van der Waals surface area contributed by atoms with Crippen molar-refractivity contribution < 1.29 is 9.47 Å². The summed E-state index contributed by atoms with van der Waals surface area (Å²) in [4.78, 5) is 4.85. The van der Waals surface area contributed by atoms with Crippen molar-refractivity contribution in [3.8, 4) is 22.9 Å². The average molecular weight is 323 g/mol. The summed E-state index contributed by atoms with van der Waals surface area (Å²) in [5.41, 5.74) is 10.9. The number of nitrogens with two attached hydrogens (primary N) is 1. The Kier molecular flexibility index (Phi) is 3.37. The second-order valence-electron chi connectivity index (χ2n) is 6.46. The van der Waals surface area contributed by atoms with Crippen molar-refractivity contribution in [2.24, 2.45) is 0 Å². The van der Waals surface area contributed by atoms with E-state index in [-0.39, 0.29) is 6.04 Å². The van der Waals surface area contributed by atoms with Gasteiger partial charge in [-0.25, -0.2) is 4.98 Å². The fourth-order valence-electron chi connectivity index (χ4n) is 3.14. The number of aromatic nitrogens is 2. The quantitative estimate of drug-likeness (QED) is 0.725. The molecule has 5 heteroatoms. The zero-order chi connectivity index (χ0) is 16.8. The minimum atomic E-state index is 0.259. The number of fused-ring (bicyclic) bond motifs is 2. The lowest BCUT2D eigenvalue weighted by atomic mass is 10.1. The van der Waals surface area contributed by atoms with E-state index in [4.69, 9.17) is 20.2 Å². The number of nitrogen functional groups attached to an aromatic ring is 1. The van der Waals surface area contributed by atoms with Crippen LogP contribution < -0.4 is 15.2 Å². The summed E-state index contributed by atoms with van der Waals surface area (Å²) in [7, 11) is 0. The van der Waals surface area contributed by atoms with Gasteiger partial charge in [-0.1, -0.05) is 12.1 Å². The van der Waals surface area contributed by atoms with E-state index >= 15 is 0 Å². The van der Waals surface area contributed by atoms with E-state index in [9.17, 15) is 0 Å². The minimum absolute atomic E-state index is 0.259. The molecule has 124 valence electrons. The van der Waals surface area contributed by atoms with Crippen LogP contribution in [-0.2, 0) is 0 Å². The number of anilines is 1. The first kappa shape index (κ1) is 14.9. The third kappa shape index (κ3) is 2.28. The summed E-state index contributed by atoms with van der Waals surface area (Å²) in [6, 6.07) is 10.3. The maximum Gasteiger partial charge on any atom is 0.163 e. The molecule has 2 heterocycles. The van der Waals surface area contributed by atoms with E-state index < -0.39 is 0 Å². The number of rotatable bonds is 2. The molecule has 5 nitrogen and oxygen atoms in total. The van der Waals surface area contributed by atoms with Gasteiger partial charge in [0.2, 0.25) is 0 Å². The Morgan fingerprint density at radius 2 is 1.79 bits per heavy atom. The maximum atomic E-state index is 6.10. The van der Waals surface area contributed by atoms with Crippen molar-refractivity contribution >= 4 is 16.7 Å². The van der Waals surface area contributed by atoms with Gasteiger partial charge in [-0.3, -0.25) is 0 Å². The van der Waals surface area contributed by atoms with Gasteiger partial charge in [0.05, 0.1) is 11.0 Å². The zero-order valence-electron chi connectivity index (χ0n) is 14.2. The molecular formula is C19H21N3O2. The monoisotopic (exact) mass is 323 g/mol. The first-order valence-corrected chi connectivity index (χ1v) is 8.22. The molecule has 1 aromatic heterocycles. The Hall–Kier alpha value is -2.69. The van der Waals surface area contributed by atoms with E-state index in [1.165, 1.54) is 0 Å². The van der Waals surface area contributed by atoms with Crippen molar-refractivity contribution in [2.75, 3.05) is 18.9 Å². The summed E-state index contributed by atoms with van der Waals surface area (Å²) < 4.78 is 13.6. The second-order valence-corrected chi connectivity index (χ2v) is 6.46. The molecular weight excluding hydrogens is 302 g/mol. The van der Waals surface area contributed by atoms with Gasteiger partial charge >= 0.3 is 0 Å². The van der Waals surface area contributed by atoms with Crippen LogP contribution in [0.5, 0.6) is 11.5 Å². The fourth-order valence-corrected chi connectivity index (χ4v) is 3.14. The third-order valence-electron chi connectivity index (χ3n) is 4.41. The Morgan fingerprint density at radius 3 is 2.46 bits per heavy atom. The lowest BCUT2D eigenvalue weighted by Gasteiger charge is -2.19. The van der Waals surface area contributed by atoms with E-state index in [0.29, 0.717) is 13.2 Å². The molecule has 0 atom stereocenters. The smallest absolute Gasteiger partial charge is 0.163 e. The van der Waals surface area contributed by atoms with E-state index in [0.717, 1.165) is 45.2 Å². The number of ether oxygens (including phenoxy) is 2. The van der Waals surface area contributed by atoms with Gasteiger partial charge in [0.1, 0.15) is 19.0 Å². The SMILES string of the molecule is Cc1ccc(-c2nc3cc4c(cc3n2C(C)C)OCCO4)cc1N. The van der Waals surface area contributed by atoms with Gasteiger partial charge in [0, 0.05) is 29.4 Å². The molecule has 3 aromatic rings. The predicted octanol–water partition coefficient (Wildman–Crippen LogP) is 3.95. The molecule has 0 bridgehead atoms. The molecule has 24 heavy (non-hydrogen) atoms. The summed E-state index contributed by atoms with van der Waals surface area (Å²) >= 11 is 0. The lowest BCUT2D eigenvalue weighted by Crippen LogP contribution is -2.15. The number of imidazole rings is 1. The maximum absolute atomic E-state index is 6.10. The van der Waals surface area contributed by atoms with Crippen molar-refractivity contribution in [2.45, 2.75) is 26.8 Å². The van der Waals surface area contributed by atoms with Gasteiger partial charge in [0.15, 0.2) is 11.5 Å². The molecule has 0 saturated heterocycles. The van der Waals surface area contributed by atoms with Gasteiger partial charge in [0.25, 0.3) is 0 Å². The highest BCUT2D eigenvalue weighted by atomic mass is 16.6. The van der Waals surface area contributed by atoms with Crippen LogP contribution in [-0.4, -0.2) is 22.8 Å².